The van der Waals surface area contributed by atoms with Crippen molar-refractivity contribution in [1.82, 2.24) is 20.3 Å². The molecular formula is C20H21N5O. The van der Waals surface area contributed by atoms with Crippen molar-refractivity contribution >= 4 is 17.4 Å². The number of aromatic nitrogens is 3. The molecule has 1 aromatic carbocycles. The van der Waals surface area contributed by atoms with Crippen molar-refractivity contribution in [2.75, 3.05) is 11.4 Å². The highest BCUT2D eigenvalue weighted by Crippen LogP contribution is 2.23. The number of para-hydroxylation sites is 1. The van der Waals surface area contributed by atoms with Gasteiger partial charge in [0.25, 0.3) is 5.91 Å². The summed E-state index contributed by atoms with van der Waals surface area (Å²) >= 11 is 0. The van der Waals surface area contributed by atoms with Crippen LogP contribution in [0.1, 0.15) is 28.8 Å². The Morgan fingerprint density at radius 3 is 2.62 bits per heavy atom. The Balaban J connectivity index is 1.81. The summed E-state index contributed by atoms with van der Waals surface area (Å²) in [6.07, 6.45) is 3.43. The van der Waals surface area contributed by atoms with E-state index in [0.29, 0.717) is 23.9 Å². The van der Waals surface area contributed by atoms with E-state index in [4.69, 9.17) is 0 Å². The summed E-state index contributed by atoms with van der Waals surface area (Å²) in [5.74, 6) is 1.03. The van der Waals surface area contributed by atoms with Crippen molar-refractivity contribution in [2.45, 2.75) is 20.4 Å². The normalized spacial score (nSPS) is 10.4. The van der Waals surface area contributed by atoms with Crippen molar-refractivity contribution in [3.8, 4) is 0 Å². The molecule has 0 aliphatic carbocycles. The third-order valence-electron chi connectivity index (χ3n) is 3.89. The molecule has 3 aromatic rings. The van der Waals surface area contributed by atoms with Crippen LogP contribution in [0.15, 0.2) is 60.9 Å². The third kappa shape index (κ3) is 4.22. The van der Waals surface area contributed by atoms with Crippen LogP contribution in [0, 0.1) is 6.92 Å². The SMILES string of the molecule is CCN(c1ccccc1)c1cc(C(=O)NCc2cccnc2)nc(C)n1. The molecule has 0 fully saturated rings. The van der Waals surface area contributed by atoms with Gasteiger partial charge in [-0.15, -0.1) is 0 Å². The van der Waals surface area contributed by atoms with E-state index < -0.39 is 0 Å². The Morgan fingerprint density at radius 1 is 1.12 bits per heavy atom. The number of nitrogens with one attached hydrogen (secondary N) is 1. The highest BCUT2D eigenvalue weighted by atomic mass is 16.1. The maximum Gasteiger partial charge on any atom is 0.270 e. The van der Waals surface area contributed by atoms with E-state index in [-0.39, 0.29) is 5.91 Å². The average Bonchev–Trinajstić information content (AvgIpc) is 2.68. The molecule has 0 saturated heterocycles. The fourth-order valence-electron chi connectivity index (χ4n) is 2.67. The number of carbonyl (C=O) groups excluding carboxylic acids is 1. The summed E-state index contributed by atoms with van der Waals surface area (Å²) in [6.45, 7) is 4.98. The van der Waals surface area contributed by atoms with Gasteiger partial charge in [0.1, 0.15) is 17.3 Å². The maximum atomic E-state index is 12.5. The Kier molecular flexibility index (Phi) is 5.53. The number of rotatable bonds is 6. The molecule has 6 heteroatoms. The molecule has 6 nitrogen and oxygen atoms in total. The van der Waals surface area contributed by atoms with Crippen LogP contribution >= 0.6 is 0 Å². The summed E-state index contributed by atoms with van der Waals surface area (Å²) in [7, 11) is 0. The topological polar surface area (TPSA) is 71.0 Å². The van der Waals surface area contributed by atoms with Crippen molar-refractivity contribution in [3.63, 3.8) is 0 Å². The molecular weight excluding hydrogens is 326 g/mol. The zero-order valence-electron chi connectivity index (χ0n) is 14.9. The Bertz CT molecular complexity index is 868. The predicted molar refractivity (Wildman–Crippen MR) is 101 cm³/mol. The van der Waals surface area contributed by atoms with Gasteiger partial charge in [-0.1, -0.05) is 24.3 Å². The number of benzene rings is 1. The molecule has 0 saturated carbocycles. The van der Waals surface area contributed by atoms with E-state index in [9.17, 15) is 4.79 Å². The van der Waals surface area contributed by atoms with Crippen LogP contribution < -0.4 is 10.2 Å². The number of aryl methyl sites for hydroxylation is 1. The lowest BCUT2D eigenvalue weighted by atomic mass is 10.2. The molecule has 0 aliphatic rings. The zero-order valence-corrected chi connectivity index (χ0v) is 14.9. The molecule has 0 radical (unpaired) electrons. The minimum absolute atomic E-state index is 0.232. The molecule has 0 spiro atoms. The molecule has 26 heavy (non-hydrogen) atoms. The van der Waals surface area contributed by atoms with E-state index >= 15 is 0 Å². The average molecular weight is 347 g/mol. The maximum absolute atomic E-state index is 12.5. The van der Waals surface area contributed by atoms with E-state index in [1.54, 1.807) is 25.4 Å². The first-order valence-electron chi connectivity index (χ1n) is 8.52. The second-order valence-corrected chi connectivity index (χ2v) is 5.78. The molecule has 0 unspecified atom stereocenters. The number of anilines is 2. The molecule has 132 valence electrons. The Labute approximate surface area is 153 Å². The second-order valence-electron chi connectivity index (χ2n) is 5.78. The van der Waals surface area contributed by atoms with E-state index in [2.05, 4.69) is 20.3 Å². The van der Waals surface area contributed by atoms with Crippen LogP contribution in [0.4, 0.5) is 11.5 Å². The van der Waals surface area contributed by atoms with Crippen LogP contribution in [0.25, 0.3) is 0 Å². The van der Waals surface area contributed by atoms with Gasteiger partial charge in [0.2, 0.25) is 0 Å². The highest BCUT2D eigenvalue weighted by molar-refractivity contribution is 5.93. The number of carbonyl (C=O) groups is 1. The fourth-order valence-corrected chi connectivity index (χ4v) is 2.67. The summed E-state index contributed by atoms with van der Waals surface area (Å²) < 4.78 is 0. The molecule has 0 atom stereocenters. The van der Waals surface area contributed by atoms with E-state index in [0.717, 1.165) is 17.8 Å². The number of pyridine rings is 1. The van der Waals surface area contributed by atoms with Gasteiger partial charge in [0.05, 0.1) is 0 Å². The van der Waals surface area contributed by atoms with Gasteiger partial charge in [-0.2, -0.15) is 0 Å². The van der Waals surface area contributed by atoms with Gasteiger partial charge in [0.15, 0.2) is 0 Å². The summed E-state index contributed by atoms with van der Waals surface area (Å²) in [4.78, 5) is 27.4. The third-order valence-corrected chi connectivity index (χ3v) is 3.89. The first-order chi connectivity index (χ1) is 12.7. The number of amides is 1. The highest BCUT2D eigenvalue weighted by Gasteiger charge is 2.15. The molecule has 2 aromatic heterocycles. The van der Waals surface area contributed by atoms with Gasteiger partial charge >= 0.3 is 0 Å². The van der Waals surface area contributed by atoms with Crippen LogP contribution in [0.3, 0.4) is 0 Å². The lowest BCUT2D eigenvalue weighted by Crippen LogP contribution is -2.25. The van der Waals surface area contributed by atoms with Gasteiger partial charge < -0.3 is 10.2 Å². The van der Waals surface area contributed by atoms with Crippen molar-refractivity contribution in [1.29, 1.82) is 0 Å². The lowest BCUT2D eigenvalue weighted by molar-refractivity contribution is 0.0945. The lowest BCUT2D eigenvalue weighted by Gasteiger charge is -2.22. The number of hydrogen-bond donors (Lipinski definition) is 1. The molecule has 0 aliphatic heterocycles. The first kappa shape index (κ1) is 17.5. The van der Waals surface area contributed by atoms with Gasteiger partial charge in [-0.25, -0.2) is 9.97 Å². The van der Waals surface area contributed by atoms with Crippen LogP contribution in [-0.2, 0) is 6.54 Å². The molecule has 1 amide bonds. The first-order valence-corrected chi connectivity index (χ1v) is 8.52. The fraction of sp³-hybridized carbons (Fsp3) is 0.200. The summed E-state index contributed by atoms with van der Waals surface area (Å²) in [5.41, 5.74) is 2.31. The predicted octanol–water partition coefficient (Wildman–Crippen LogP) is 3.27. The van der Waals surface area contributed by atoms with Crippen molar-refractivity contribution < 1.29 is 4.79 Å². The van der Waals surface area contributed by atoms with E-state index in [1.807, 2.05) is 54.3 Å². The van der Waals surface area contributed by atoms with Gasteiger partial charge in [-0.05, 0) is 37.6 Å². The standard InChI is InChI=1S/C20H21N5O/c1-3-25(17-9-5-4-6-10-17)19-12-18(23-15(2)24-19)20(26)22-14-16-8-7-11-21-13-16/h4-13H,3,14H2,1-2H3,(H,22,26). The van der Waals surface area contributed by atoms with Crippen molar-refractivity contribution in [2.24, 2.45) is 0 Å². The molecule has 2 heterocycles. The van der Waals surface area contributed by atoms with Crippen LogP contribution in [0.5, 0.6) is 0 Å². The number of hydrogen-bond acceptors (Lipinski definition) is 5. The van der Waals surface area contributed by atoms with E-state index in [1.165, 1.54) is 0 Å². The minimum Gasteiger partial charge on any atom is -0.347 e. The summed E-state index contributed by atoms with van der Waals surface area (Å²) in [5, 5.41) is 2.88. The quantitative estimate of drug-likeness (QED) is 0.741. The second kappa shape index (κ2) is 8.20. The van der Waals surface area contributed by atoms with Crippen LogP contribution in [-0.4, -0.2) is 27.4 Å². The monoisotopic (exact) mass is 347 g/mol. The molecule has 3 rings (SSSR count). The Morgan fingerprint density at radius 2 is 1.92 bits per heavy atom. The summed E-state index contributed by atoms with van der Waals surface area (Å²) in [6, 6.07) is 15.4. The number of nitrogens with zero attached hydrogens (tertiary/aromatic N) is 4. The Hall–Kier alpha value is -3.28. The molecule has 0 bridgehead atoms. The minimum atomic E-state index is -0.232. The smallest absolute Gasteiger partial charge is 0.270 e. The molecule has 1 N–H and O–H groups in total. The van der Waals surface area contributed by atoms with Gasteiger partial charge in [0, 0.05) is 37.2 Å². The zero-order chi connectivity index (χ0) is 18.4. The van der Waals surface area contributed by atoms with Gasteiger partial charge in [-0.3, -0.25) is 9.78 Å². The van der Waals surface area contributed by atoms with Crippen molar-refractivity contribution in [3.05, 3.63) is 78.0 Å². The van der Waals surface area contributed by atoms with Crippen LogP contribution in [0.2, 0.25) is 0 Å². The largest absolute Gasteiger partial charge is 0.347 e.